The summed E-state index contributed by atoms with van der Waals surface area (Å²) in [6.07, 6.45) is 11.3. The molecule has 0 saturated heterocycles. The minimum absolute atomic E-state index is 0.156. The fourth-order valence-electron chi connectivity index (χ4n) is 2.87. The molecule has 1 aromatic carbocycles. The van der Waals surface area contributed by atoms with Crippen LogP contribution < -0.4 is 9.47 Å². The molecule has 0 saturated carbocycles. The summed E-state index contributed by atoms with van der Waals surface area (Å²) < 4.78 is 10.6. The molecular formula is C19H29BrO4. The number of hydrogen-bond donors (Lipinski definition) is 1. The van der Waals surface area contributed by atoms with E-state index in [1.165, 1.54) is 45.6 Å². The van der Waals surface area contributed by atoms with Gasteiger partial charge in [-0.15, -0.1) is 0 Å². The Morgan fingerprint density at radius 2 is 1.50 bits per heavy atom. The van der Waals surface area contributed by atoms with E-state index >= 15 is 0 Å². The average Bonchev–Trinajstić information content (AvgIpc) is 2.60. The Morgan fingerprint density at radius 1 is 0.958 bits per heavy atom. The predicted octanol–water partition coefficient (Wildman–Crippen LogP) is 5.28. The SMILES string of the molecule is COc1c(CCCCCCCCCCBr)cc(C=O)c(O)c1OC. The van der Waals surface area contributed by atoms with Crippen molar-refractivity contribution in [2.24, 2.45) is 0 Å². The zero-order valence-electron chi connectivity index (χ0n) is 14.8. The minimum atomic E-state index is -0.156. The molecule has 5 heteroatoms. The lowest BCUT2D eigenvalue weighted by Crippen LogP contribution is -2.00. The molecule has 0 amide bonds. The molecule has 0 atom stereocenters. The fraction of sp³-hybridized carbons (Fsp3) is 0.632. The van der Waals surface area contributed by atoms with E-state index < -0.39 is 0 Å². The minimum Gasteiger partial charge on any atom is -0.504 e. The van der Waals surface area contributed by atoms with Crippen molar-refractivity contribution >= 4 is 22.2 Å². The van der Waals surface area contributed by atoms with E-state index in [1.807, 2.05) is 0 Å². The highest BCUT2D eigenvalue weighted by molar-refractivity contribution is 9.09. The smallest absolute Gasteiger partial charge is 0.204 e. The molecule has 0 aliphatic rings. The maximum atomic E-state index is 11.1. The highest BCUT2D eigenvalue weighted by Gasteiger charge is 2.18. The van der Waals surface area contributed by atoms with Crippen molar-refractivity contribution in [3.63, 3.8) is 0 Å². The van der Waals surface area contributed by atoms with E-state index in [2.05, 4.69) is 15.9 Å². The Labute approximate surface area is 153 Å². The van der Waals surface area contributed by atoms with Crippen molar-refractivity contribution in [3.05, 3.63) is 17.2 Å². The van der Waals surface area contributed by atoms with Crippen LogP contribution >= 0.6 is 15.9 Å². The first-order valence-electron chi connectivity index (χ1n) is 8.67. The largest absolute Gasteiger partial charge is 0.504 e. The van der Waals surface area contributed by atoms with Crippen molar-refractivity contribution in [2.75, 3.05) is 19.5 Å². The summed E-state index contributed by atoms with van der Waals surface area (Å²) in [6, 6.07) is 1.70. The van der Waals surface area contributed by atoms with Crippen LogP contribution in [-0.4, -0.2) is 30.9 Å². The third kappa shape index (κ3) is 6.34. The third-order valence-corrected chi connectivity index (χ3v) is 4.74. The van der Waals surface area contributed by atoms with E-state index in [-0.39, 0.29) is 17.1 Å². The number of aryl methyl sites for hydroxylation is 1. The molecular weight excluding hydrogens is 372 g/mol. The van der Waals surface area contributed by atoms with Gasteiger partial charge in [-0.3, -0.25) is 4.79 Å². The zero-order valence-corrected chi connectivity index (χ0v) is 16.4. The number of phenols is 1. The van der Waals surface area contributed by atoms with Gasteiger partial charge in [-0.05, 0) is 30.9 Å². The topological polar surface area (TPSA) is 55.8 Å². The second kappa shape index (κ2) is 12.2. The molecule has 0 aromatic heterocycles. The molecule has 1 N–H and O–H groups in total. The molecule has 0 aliphatic carbocycles. The van der Waals surface area contributed by atoms with Crippen LogP contribution in [0.15, 0.2) is 6.07 Å². The van der Waals surface area contributed by atoms with E-state index in [4.69, 9.17) is 9.47 Å². The van der Waals surface area contributed by atoms with Gasteiger partial charge in [0.25, 0.3) is 0 Å². The molecule has 0 radical (unpaired) electrons. The Bertz CT molecular complexity index is 503. The third-order valence-electron chi connectivity index (χ3n) is 4.18. The molecule has 0 heterocycles. The van der Waals surface area contributed by atoms with Gasteiger partial charge >= 0.3 is 0 Å². The highest BCUT2D eigenvalue weighted by atomic mass is 79.9. The average molecular weight is 401 g/mol. The summed E-state index contributed by atoms with van der Waals surface area (Å²) in [4.78, 5) is 11.1. The molecule has 136 valence electrons. The molecule has 4 nitrogen and oxygen atoms in total. The number of alkyl halides is 1. The number of benzene rings is 1. The van der Waals surface area contributed by atoms with Gasteiger partial charge < -0.3 is 14.6 Å². The van der Waals surface area contributed by atoms with E-state index in [0.29, 0.717) is 12.0 Å². The Balaban J connectivity index is 2.48. The Kier molecular flexibility index (Phi) is 10.6. The van der Waals surface area contributed by atoms with Crippen molar-refractivity contribution in [1.29, 1.82) is 0 Å². The number of methoxy groups -OCH3 is 2. The maximum Gasteiger partial charge on any atom is 0.204 e. The number of carbonyl (C=O) groups excluding carboxylic acids is 1. The standard InChI is InChI=1S/C19H29BrO4/c1-23-18-15(13-16(14-21)17(22)19(18)24-2)11-9-7-5-3-4-6-8-10-12-20/h13-14,22H,3-12H2,1-2H3. The molecule has 24 heavy (non-hydrogen) atoms. The second-order valence-corrected chi connectivity index (χ2v) is 6.72. The number of ether oxygens (including phenoxy) is 2. The summed E-state index contributed by atoms with van der Waals surface area (Å²) in [6.45, 7) is 0. The van der Waals surface area contributed by atoms with E-state index in [1.54, 1.807) is 13.2 Å². The maximum absolute atomic E-state index is 11.1. The van der Waals surface area contributed by atoms with Crippen molar-refractivity contribution in [3.8, 4) is 17.2 Å². The highest BCUT2D eigenvalue weighted by Crippen LogP contribution is 2.42. The van der Waals surface area contributed by atoms with Gasteiger partial charge in [-0.1, -0.05) is 54.5 Å². The van der Waals surface area contributed by atoms with Gasteiger partial charge in [0.15, 0.2) is 17.8 Å². The molecule has 0 fully saturated rings. The van der Waals surface area contributed by atoms with Crippen LogP contribution in [0.4, 0.5) is 0 Å². The summed E-state index contributed by atoms with van der Waals surface area (Å²) in [5.74, 6) is 0.607. The first kappa shape index (κ1) is 20.8. The van der Waals surface area contributed by atoms with Crippen LogP contribution in [-0.2, 0) is 6.42 Å². The van der Waals surface area contributed by atoms with Crippen molar-refractivity contribution in [1.82, 2.24) is 0 Å². The first-order valence-corrected chi connectivity index (χ1v) is 9.79. The van der Waals surface area contributed by atoms with Gasteiger partial charge in [0.2, 0.25) is 5.75 Å². The number of halogens is 1. The molecule has 1 aromatic rings. The summed E-state index contributed by atoms with van der Waals surface area (Å²) >= 11 is 3.45. The molecule has 0 unspecified atom stereocenters. The number of phenolic OH excluding ortho intramolecular Hbond substituents is 1. The normalized spacial score (nSPS) is 10.6. The van der Waals surface area contributed by atoms with Crippen LogP contribution in [0.5, 0.6) is 17.2 Å². The summed E-state index contributed by atoms with van der Waals surface area (Å²) in [7, 11) is 3.01. The van der Waals surface area contributed by atoms with Crippen LogP contribution in [0.3, 0.4) is 0 Å². The van der Waals surface area contributed by atoms with Gasteiger partial charge in [0.1, 0.15) is 0 Å². The first-order chi connectivity index (χ1) is 11.7. The number of aldehydes is 1. The number of rotatable bonds is 13. The van der Waals surface area contributed by atoms with Crippen molar-refractivity contribution < 1.29 is 19.4 Å². The predicted molar refractivity (Wildman–Crippen MR) is 101 cm³/mol. The molecule has 0 spiro atoms. The lowest BCUT2D eigenvalue weighted by atomic mass is 10.0. The van der Waals surface area contributed by atoms with E-state index in [9.17, 15) is 9.90 Å². The number of carbonyl (C=O) groups is 1. The van der Waals surface area contributed by atoms with Gasteiger partial charge in [-0.2, -0.15) is 0 Å². The number of unbranched alkanes of at least 4 members (excludes halogenated alkanes) is 7. The van der Waals surface area contributed by atoms with Gasteiger partial charge in [-0.25, -0.2) is 0 Å². The van der Waals surface area contributed by atoms with E-state index in [0.717, 1.165) is 30.2 Å². The summed E-state index contributed by atoms with van der Waals surface area (Å²) in [5.41, 5.74) is 1.15. The monoisotopic (exact) mass is 400 g/mol. The molecule has 0 bridgehead atoms. The van der Waals surface area contributed by atoms with Crippen molar-refractivity contribution in [2.45, 2.75) is 57.8 Å². The Morgan fingerprint density at radius 3 is 2.00 bits per heavy atom. The fourth-order valence-corrected chi connectivity index (χ4v) is 3.26. The molecule has 1 rings (SSSR count). The second-order valence-electron chi connectivity index (χ2n) is 5.93. The van der Waals surface area contributed by atoms with Crippen LogP contribution in [0.25, 0.3) is 0 Å². The van der Waals surface area contributed by atoms with Crippen LogP contribution in [0, 0.1) is 0 Å². The quantitative estimate of drug-likeness (QED) is 0.278. The van der Waals surface area contributed by atoms with Crippen LogP contribution in [0.2, 0.25) is 0 Å². The number of aromatic hydroxyl groups is 1. The summed E-state index contributed by atoms with van der Waals surface area (Å²) in [5, 5.41) is 11.1. The lowest BCUT2D eigenvalue weighted by Gasteiger charge is -2.15. The Hall–Kier alpha value is -1.23. The lowest BCUT2D eigenvalue weighted by molar-refractivity contribution is 0.112. The molecule has 0 aliphatic heterocycles. The number of hydrogen-bond acceptors (Lipinski definition) is 4. The zero-order chi connectivity index (χ0) is 17.8. The van der Waals surface area contributed by atoms with Gasteiger partial charge in [0, 0.05) is 5.33 Å². The van der Waals surface area contributed by atoms with Gasteiger partial charge in [0.05, 0.1) is 19.8 Å². The van der Waals surface area contributed by atoms with Crippen LogP contribution in [0.1, 0.15) is 67.3 Å².